The summed E-state index contributed by atoms with van der Waals surface area (Å²) in [6.45, 7) is 4.46. The molecule has 3 heteroatoms. The molecule has 0 aliphatic carbocycles. The molecule has 1 rings (SSSR count). The topological polar surface area (TPSA) is 44.5 Å². The Bertz CT molecular complexity index is 180. The summed E-state index contributed by atoms with van der Waals surface area (Å²) in [5, 5.41) is 0. The van der Waals surface area contributed by atoms with Gasteiger partial charge in [0.15, 0.2) is 0 Å². The average Bonchev–Trinajstić information content (AvgIpc) is 2.25. The second-order valence-electron chi connectivity index (χ2n) is 3.61. The van der Waals surface area contributed by atoms with E-state index in [9.17, 15) is 0 Å². The van der Waals surface area contributed by atoms with E-state index in [0.29, 0.717) is 0 Å². The number of ether oxygens (including phenoxy) is 2. The average molecular weight is 199 g/mol. The lowest BCUT2D eigenvalue weighted by atomic mass is 9.99. The molecule has 0 fully saturated rings. The molecule has 0 saturated carbocycles. The van der Waals surface area contributed by atoms with Crippen molar-refractivity contribution in [3.05, 3.63) is 11.8 Å². The first-order valence-corrected chi connectivity index (χ1v) is 5.48. The van der Waals surface area contributed by atoms with E-state index in [-0.39, 0.29) is 6.04 Å². The van der Waals surface area contributed by atoms with Crippen molar-refractivity contribution in [3.8, 4) is 0 Å². The van der Waals surface area contributed by atoms with Gasteiger partial charge in [0, 0.05) is 19.3 Å². The van der Waals surface area contributed by atoms with E-state index in [2.05, 4.69) is 0 Å². The molecule has 3 nitrogen and oxygen atoms in total. The van der Waals surface area contributed by atoms with Crippen molar-refractivity contribution in [2.45, 2.75) is 38.6 Å². The highest BCUT2D eigenvalue weighted by Gasteiger charge is 2.12. The van der Waals surface area contributed by atoms with Crippen molar-refractivity contribution in [3.63, 3.8) is 0 Å². The van der Waals surface area contributed by atoms with E-state index >= 15 is 0 Å². The van der Waals surface area contributed by atoms with Gasteiger partial charge in [-0.1, -0.05) is 0 Å². The third kappa shape index (κ3) is 4.11. The minimum Gasteiger partial charge on any atom is -0.501 e. The van der Waals surface area contributed by atoms with Crippen LogP contribution in [0.3, 0.4) is 0 Å². The molecule has 0 saturated heterocycles. The summed E-state index contributed by atoms with van der Waals surface area (Å²) in [4.78, 5) is 0. The molecule has 1 heterocycles. The van der Waals surface area contributed by atoms with Gasteiger partial charge in [-0.3, -0.25) is 0 Å². The molecule has 0 amide bonds. The van der Waals surface area contributed by atoms with E-state index in [1.165, 1.54) is 5.57 Å². The Kier molecular flexibility index (Phi) is 5.64. The Hall–Kier alpha value is -0.540. The zero-order valence-electron chi connectivity index (χ0n) is 9.00. The first kappa shape index (κ1) is 11.5. The van der Waals surface area contributed by atoms with Crippen molar-refractivity contribution in [1.82, 2.24) is 0 Å². The largest absolute Gasteiger partial charge is 0.501 e. The van der Waals surface area contributed by atoms with Crippen molar-refractivity contribution in [1.29, 1.82) is 0 Å². The standard InChI is InChI=1S/C11H21NO2/c1-2-13-7-4-6-11(12)10-5-3-8-14-9-10/h9,11H,2-8,12H2,1H3. The fraction of sp³-hybridized carbons (Fsp3) is 0.818. The van der Waals surface area contributed by atoms with Crippen molar-refractivity contribution >= 4 is 0 Å². The van der Waals surface area contributed by atoms with Gasteiger partial charge in [0.05, 0.1) is 12.9 Å². The summed E-state index contributed by atoms with van der Waals surface area (Å²) in [7, 11) is 0. The fourth-order valence-electron chi connectivity index (χ4n) is 1.59. The summed E-state index contributed by atoms with van der Waals surface area (Å²) >= 11 is 0. The van der Waals surface area contributed by atoms with E-state index in [1.807, 2.05) is 13.2 Å². The number of hydrogen-bond acceptors (Lipinski definition) is 3. The predicted molar refractivity (Wildman–Crippen MR) is 57.0 cm³/mol. The normalized spacial score (nSPS) is 18.6. The van der Waals surface area contributed by atoms with Crippen LogP contribution in [0.25, 0.3) is 0 Å². The lowest BCUT2D eigenvalue weighted by Crippen LogP contribution is -2.25. The van der Waals surface area contributed by atoms with Crippen molar-refractivity contribution in [2.75, 3.05) is 19.8 Å². The molecule has 1 atom stereocenters. The summed E-state index contributed by atoms with van der Waals surface area (Å²) < 4.78 is 10.5. The zero-order valence-corrected chi connectivity index (χ0v) is 9.00. The van der Waals surface area contributed by atoms with Crippen LogP contribution in [0.1, 0.15) is 32.6 Å². The van der Waals surface area contributed by atoms with E-state index in [4.69, 9.17) is 15.2 Å². The van der Waals surface area contributed by atoms with Gasteiger partial charge in [0.2, 0.25) is 0 Å². The third-order valence-electron chi connectivity index (χ3n) is 2.45. The predicted octanol–water partition coefficient (Wildman–Crippen LogP) is 1.82. The third-order valence-corrected chi connectivity index (χ3v) is 2.45. The lowest BCUT2D eigenvalue weighted by Gasteiger charge is -2.19. The molecule has 0 spiro atoms. The van der Waals surface area contributed by atoms with Gasteiger partial charge < -0.3 is 15.2 Å². The second-order valence-corrected chi connectivity index (χ2v) is 3.61. The molecular weight excluding hydrogens is 178 g/mol. The maximum atomic E-state index is 6.03. The molecule has 0 aromatic heterocycles. The van der Waals surface area contributed by atoms with Crippen LogP contribution in [-0.4, -0.2) is 25.9 Å². The van der Waals surface area contributed by atoms with Gasteiger partial charge >= 0.3 is 0 Å². The first-order chi connectivity index (χ1) is 6.84. The van der Waals surface area contributed by atoms with Gasteiger partial charge in [-0.25, -0.2) is 0 Å². The molecule has 2 N–H and O–H groups in total. The highest BCUT2D eigenvalue weighted by atomic mass is 16.5. The van der Waals surface area contributed by atoms with Crippen LogP contribution in [0, 0.1) is 0 Å². The monoisotopic (exact) mass is 199 g/mol. The maximum Gasteiger partial charge on any atom is 0.0876 e. The Morgan fingerprint density at radius 2 is 2.50 bits per heavy atom. The van der Waals surface area contributed by atoms with Crippen LogP contribution < -0.4 is 5.73 Å². The summed E-state index contributed by atoms with van der Waals surface area (Å²) in [6.07, 6.45) is 6.07. The van der Waals surface area contributed by atoms with Crippen molar-refractivity contribution < 1.29 is 9.47 Å². The summed E-state index contributed by atoms with van der Waals surface area (Å²) in [6, 6.07) is 0.163. The minimum atomic E-state index is 0.163. The maximum absolute atomic E-state index is 6.03. The Morgan fingerprint density at radius 3 is 3.14 bits per heavy atom. The Morgan fingerprint density at radius 1 is 1.64 bits per heavy atom. The molecular formula is C11H21NO2. The van der Waals surface area contributed by atoms with Gasteiger partial charge in [0.1, 0.15) is 0 Å². The van der Waals surface area contributed by atoms with E-state index < -0.39 is 0 Å². The van der Waals surface area contributed by atoms with Crippen molar-refractivity contribution in [2.24, 2.45) is 5.73 Å². The van der Waals surface area contributed by atoms with Gasteiger partial charge in [-0.15, -0.1) is 0 Å². The fourth-order valence-corrected chi connectivity index (χ4v) is 1.59. The minimum absolute atomic E-state index is 0.163. The highest BCUT2D eigenvalue weighted by Crippen LogP contribution is 2.17. The number of nitrogens with two attached hydrogens (primary N) is 1. The van der Waals surface area contributed by atoms with Crippen LogP contribution in [0.5, 0.6) is 0 Å². The molecule has 82 valence electrons. The van der Waals surface area contributed by atoms with E-state index in [1.54, 1.807) is 0 Å². The summed E-state index contributed by atoms with van der Waals surface area (Å²) in [5.41, 5.74) is 7.28. The second kappa shape index (κ2) is 6.85. The molecule has 1 unspecified atom stereocenters. The zero-order chi connectivity index (χ0) is 10.2. The molecule has 0 bridgehead atoms. The Labute approximate surface area is 86.3 Å². The summed E-state index contributed by atoms with van der Waals surface area (Å²) in [5.74, 6) is 0. The van der Waals surface area contributed by atoms with Crippen LogP contribution in [0.2, 0.25) is 0 Å². The Balaban J connectivity index is 2.13. The van der Waals surface area contributed by atoms with Gasteiger partial charge in [0.25, 0.3) is 0 Å². The van der Waals surface area contributed by atoms with Gasteiger partial charge in [-0.05, 0) is 38.2 Å². The first-order valence-electron chi connectivity index (χ1n) is 5.48. The van der Waals surface area contributed by atoms with Crippen LogP contribution in [-0.2, 0) is 9.47 Å². The molecule has 0 aromatic carbocycles. The van der Waals surface area contributed by atoms with Crippen LogP contribution in [0.15, 0.2) is 11.8 Å². The molecule has 1 aliphatic rings. The quantitative estimate of drug-likeness (QED) is 0.664. The van der Waals surface area contributed by atoms with Gasteiger partial charge in [-0.2, -0.15) is 0 Å². The smallest absolute Gasteiger partial charge is 0.0876 e. The molecule has 14 heavy (non-hydrogen) atoms. The highest BCUT2D eigenvalue weighted by molar-refractivity contribution is 5.08. The lowest BCUT2D eigenvalue weighted by molar-refractivity contribution is 0.142. The van der Waals surface area contributed by atoms with Crippen LogP contribution >= 0.6 is 0 Å². The van der Waals surface area contributed by atoms with Crippen LogP contribution in [0.4, 0.5) is 0 Å². The number of hydrogen-bond donors (Lipinski definition) is 1. The molecule has 0 aromatic rings. The SMILES string of the molecule is CCOCCCC(N)C1=COCCC1. The molecule has 1 aliphatic heterocycles. The number of rotatable bonds is 6. The molecule has 0 radical (unpaired) electrons. The van der Waals surface area contributed by atoms with E-state index in [0.717, 1.165) is 45.5 Å².